The van der Waals surface area contributed by atoms with Gasteiger partial charge in [-0.25, -0.2) is 9.37 Å². The van der Waals surface area contributed by atoms with Gasteiger partial charge in [-0.3, -0.25) is 4.57 Å². The van der Waals surface area contributed by atoms with Crippen LogP contribution in [-0.4, -0.2) is 9.55 Å². The van der Waals surface area contributed by atoms with Gasteiger partial charge in [-0.15, -0.1) is 0 Å². The highest BCUT2D eigenvalue weighted by Crippen LogP contribution is 2.39. The van der Waals surface area contributed by atoms with Crippen molar-refractivity contribution < 1.29 is 4.39 Å². The average molecular weight is 449 g/mol. The van der Waals surface area contributed by atoms with E-state index in [4.69, 9.17) is 4.98 Å². The Bertz CT molecular complexity index is 1420. The van der Waals surface area contributed by atoms with E-state index in [2.05, 4.69) is 86.9 Å². The summed E-state index contributed by atoms with van der Waals surface area (Å²) >= 11 is 0. The normalized spacial score (nSPS) is 11.6. The van der Waals surface area contributed by atoms with Crippen LogP contribution >= 0.6 is 0 Å². The standard InChI is InChI=1S/C31H29FN2/c1-20(2)26-18-24(22-10-6-5-7-11-22)19-27(21(3)4)30(26)34-29-13-9-8-12-28(29)33-31(34)23-14-16-25(32)17-15-23/h5-21H,1-4H3. The summed E-state index contributed by atoms with van der Waals surface area (Å²) in [7, 11) is 0. The molecule has 170 valence electrons. The van der Waals surface area contributed by atoms with Crippen molar-refractivity contribution in [3.05, 3.63) is 108 Å². The third-order valence-electron chi connectivity index (χ3n) is 6.41. The number of nitrogens with zero attached hydrogens (tertiary/aromatic N) is 2. The van der Waals surface area contributed by atoms with Gasteiger partial charge in [-0.05, 0) is 82.6 Å². The number of para-hydroxylation sites is 2. The molecule has 0 saturated heterocycles. The molecule has 0 fully saturated rings. The highest BCUT2D eigenvalue weighted by Gasteiger charge is 2.23. The van der Waals surface area contributed by atoms with Crippen molar-refractivity contribution in [1.29, 1.82) is 0 Å². The molecule has 0 atom stereocenters. The summed E-state index contributed by atoms with van der Waals surface area (Å²) in [5, 5.41) is 0. The summed E-state index contributed by atoms with van der Waals surface area (Å²) in [6.45, 7) is 8.98. The maximum Gasteiger partial charge on any atom is 0.145 e. The first-order valence-electron chi connectivity index (χ1n) is 11.9. The fourth-order valence-corrected chi connectivity index (χ4v) is 4.66. The molecule has 0 unspecified atom stereocenters. The fourth-order valence-electron chi connectivity index (χ4n) is 4.66. The zero-order chi connectivity index (χ0) is 23.8. The van der Waals surface area contributed by atoms with Gasteiger partial charge in [0.1, 0.15) is 11.6 Å². The zero-order valence-corrected chi connectivity index (χ0v) is 20.1. The molecule has 5 aromatic rings. The largest absolute Gasteiger partial charge is 0.292 e. The van der Waals surface area contributed by atoms with Crippen molar-refractivity contribution in [1.82, 2.24) is 9.55 Å². The van der Waals surface area contributed by atoms with Gasteiger partial charge < -0.3 is 0 Å². The molecule has 2 nitrogen and oxygen atoms in total. The predicted molar refractivity (Wildman–Crippen MR) is 140 cm³/mol. The van der Waals surface area contributed by atoms with Crippen molar-refractivity contribution in [3.63, 3.8) is 0 Å². The van der Waals surface area contributed by atoms with Crippen LogP contribution in [0.15, 0.2) is 91.0 Å². The molecule has 34 heavy (non-hydrogen) atoms. The van der Waals surface area contributed by atoms with Crippen LogP contribution in [0, 0.1) is 5.82 Å². The molecule has 0 radical (unpaired) electrons. The third-order valence-corrected chi connectivity index (χ3v) is 6.41. The smallest absolute Gasteiger partial charge is 0.145 e. The van der Waals surface area contributed by atoms with Gasteiger partial charge in [0.05, 0.1) is 16.7 Å². The minimum Gasteiger partial charge on any atom is -0.292 e. The van der Waals surface area contributed by atoms with Crippen molar-refractivity contribution in [2.24, 2.45) is 0 Å². The number of benzene rings is 4. The van der Waals surface area contributed by atoms with Crippen LogP contribution in [0.25, 0.3) is 39.2 Å². The molecule has 0 spiro atoms. The lowest BCUT2D eigenvalue weighted by atomic mass is 9.88. The van der Waals surface area contributed by atoms with Gasteiger partial charge in [0.15, 0.2) is 0 Å². The second-order valence-electron chi connectivity index (χ2n) is 9.45. The van der Waals surface area contributed by atoms with E-state index in [-0.39, 0.29) is 5.82 Å². The van der Waals surface area contributed by atoms with Crippen LogP contribution < -0.4 is 0 Å². The highest BCUT2D eigenvalue weighted by molar-refractivity contribution is 5.85. The van der Waals surface area contributed by atoms with Gasteiger partial charge >= 0.3 is 0 Å². The Balaban J connectivity index is 1.88. The Labute approximate surface area is 200 Å². The molecule has 1 heterocycles. The van der Waals surface area contributed by atoms with Gasteiger partial charge in [-0.1, -0.05) is 70.2 Å². The zero-order valence-electron chi connectivity index (χ0n) is 20.1. The Hall–Kier alpha value is -3.72. The molecule has 0 amide bonds. The Morgan fingerprint density at radius 1 is 0.647 bits per heavy atom. The number of rotatable bonds is 5. The van der Waals surface area contributed by atoms with E-state index in [9.17, 15) is 4.39 Å². The predicted octanol–water partition coefficient (Wildman–Crippen LogP) is 8.75. The fraction of sp³-hybridized carbons (Fsp3) is 0.194. The van der Waals surface area contributed by atoms with Crippen molar-refractivity contribution in [2.75, 3.05) is 0 Å². The third kappa shape index (κ3) is 3.92. The van der Waals surface area contributed by atoms with Crippen LogP contribution in [0.5, 0.6) is 0 Å². The summed E-state index contributed by atoms with van der Waals surface area (Å²) < 4.78 is 16.0. The van der Waals surface area contributed by atoms with Crippen molar-refractivity contribution in [3.8, 4) is 28.2 Å². The molecule has 3 heteroatoms. The van der Waals surface area contributed by atoms with Crippen molar-refractivity contribution >= 4 is 11.0 Å². The van der Waals surface area contributed by atoms with E-state index in [1.54, 1.807) is 0 Å². The van der Waals surface area contributed by atoms with E-state index in [0.29, 0.717) is 11.8 Å². The summed E-state index contributed by atoms with van der Waals surface area (Å²) in [4.78, 5) is 5.01. The summed E-state index contributed by atoms with van der Waals surface area (Å²) in [5.41, 5.74) is 9.05. The number of hydrogen-bond donors (Lipinski definition) is 0. The molecule has 0 N–H and O–H groups in total. The van der Waals surface area contributed by atoms with E-state index < -0.39 is 0 Å². The molecule has 1 aromatic heterocycles. The molecule has 4 aromatic carbocycles. The Morgan fingerprint density at radius 2 is 1.24 bits per heavy atom. The van der Waals surface area contributed by atoms with E-state index in [1.165, 1.54) is 40.1 Å². The molecular weight excluding hydrogens is 419 g/mol. The second kappa shape index (κ2) is 8.90. The first-order valence-corrected chi connectivity index (χ1v) is 11.9. The topological polar surface area (TPSA) is 17.8 Å². The highest BCUT2D eigenvalue weighted by atomic mass is 19.1. The first kappa shape index (κ1) is 22.1. The van der Waals surface area contributed by atoms with E-state index >= 15 is 0 Å². The molecule has 0 aliphatic heterocycles. The number of imidazole rings is 1. The monoisotopic (exact) mass is 448 g/mol. The lowest BCUT2D eigenvalue weighted by Gasteiger charge is -2.24. The first-order chi connectivity index (χ1) is 16.4. The number of fused-ring (bicyclic) bond motifs is 1. The Morgan fingerprint density at radius 3 is 1.85 bits per heavy atom. The summed E-state index contributed by atoms with van der Waals surface area (Å²) in [6.07, 6.45) is 0. The molecule has 5 rings (SSSR count). The Kier molecular flexibility index (Phi) is 5.79. The van der Waals surface area contributed by atoms with Gasteiger partial charge in [0.2, 0.25) is 0 Å². The SMILES string of the molecule is CC(C)c1cc(-c2ccccc2)cc(C(C)C)c1-n1c(-c2ccc(F)cc2)nc2ccccc21. The quantitative estimate of drug-likeness (QED) is 0.263. The maximum absolute atomic E-state index is 13.7. The lowest BCUT2D eigenvalue weighted by molar-refractivity contribution is 0.628. The van der Waals surface area contributed by atoms with E-state index in [1.807, 2.05) is 24.3 Å². The molecule has 0 aliphatic carbocycles. The lowest BCUT2D eigenvalue weighted by Crippen LogP contribution is -2.09. The van der Waals surface area contributed by atoms with Crippen LogP contribution in [0.1, 0.15) is 50.7 Å². The van der Waals surface area contributed by atoms with Crippen LogP contribution in [0.3, 0.4) is 0 Å². The van der Waals surface area contributed by atoms with Crippen LogP contribution in [-0.2, 0) is 0 Å². The van der Waals surface area contributed by atoms with Crippen molar-refractivity contribution in [2.45, 2.75) is 39.5 Å². The minimum absolute atomic E-state index is 0.246. The molecule has 0 saturated carbocycles. The molecular formula is C31H29FN2. The molecule has 0 bridgehead atoms. The average Bonchev–Trinajstić information content (AvgIpc) is 3.23. The van der Waals surface area contributed by atoms with E-state index in [0.717, 1.165) is 22.4 Å². The maximum atomic E-state index is 13.7. The summed E-state index contributed by atoms with van der Waals surface area (Å²) in [6, 6.07) is 30.1. The van der Waals surface area contributed by atoms with Gasteiger partial charge in [0, 0.05) is 5.56 Å². The van der Waals surface area contributed by atoms with Crippen LogP contribution in [0.2, 0.25) is 0 Å². The number of halogens is 1. The van der Waals surface area contributed by atoms with Crippen LogP contribution in [0.4, 0.5) is 4.39 Å². The summed E-state index contributed by atoms with van der Waals surface area (Å²) in [5.74, 6) is 1.19. The minimum atomic E-state index is -0.246. The molecule has 0 aliphatic rings. The van der Waals surface area contributed by atoms with Gasteiger partial charge in [0.25, 0.3) is 0 Å². The second-order valence-corrected chi connectivity index (χ2v) is 9.45. The van der Waals surface area contributed by atoms with Gasteiger partial charge in [-0.2, -0.15) is 0 Å². The number of hydrogen-bond acceptors (Lipinski definition) is 1. The number of aromatic nitrogens is 2.